The van der Waals surface area contributed by atoms with Crippen LogP contribution in [0.5, 0.6) is 0 Å². The number of amides is 1. The summed E-state index contributed by atoms with van der Waals surface area (Å²) >= 11 is 0. The number of hydrogen-bond acceptors (Lipinski definition) is 4. The molecule has 1 amide bonds. The highest BCUT2D eigenvalue weighted by Gasteiger charge is 2.03. The van der Waals surface area contributed by atoms with Gasteiger partial charge in [0.25, 0.3) is 5.56 Å². The normalized spacial score (nSPS) is 9.44. The highest BCUT2D eigenvalue weighted by atomic mass is 16.2. The standard InChI is InChI=1S/C10H12N4O2/c11-4-1-5-13-9(15)7-14-6-8(12)2-3-10(14)16/h2-3,6H,1,5,7,12H2,(H,13,15). The quantitative estimate of drug-likeness (QED) is 0.665. The van der Waals surface area contributed by atoms with Crippen LogP contribution in [0.1, 0.15) is 6.42 Å². The van der Waals surface area contributed by atoms with E-state index in [1.165, 1.54) is 22.9 Å². The van der Waals surface area contributed by atoms with E-state index < -0.39 is 0 Å². The summed E-state index contributed by atoms with van der Waals surface area (Å²) in [6.07, 6.45) is 1.66. The molecule has 0 unspecified atom stereocenters. The number of rotatable bonds is 4. The van der Waals surface area contributed by atoms with Crippen LogP contribution in [0.4, 0.5) is 5.69 Å². The Bertz CT molecular complexity index is 472. The number of nitrogen functional groups attached to an aromatic ring is 1. The molecule has 0 aromatic carbocycles. The predicted molar refractivity (Wildman–Crippen MR) is 58.4 cm³/mol. The third-order valence-electron chi connectivity index (χ3n) is 1.88. The van der Waals surface area contributed by atoms with Crippen molar-refractivity contribution in [1.29, 1.82) is 5.26 Å². The van der Waals surface area contributed by atoms with Crippen molar-refractivity contribution in [3.05, 3.63) is 28.7 Å². The second-order valence-electron chi connectivity index (χ2n) is 3.19. The fraction of sp³-hybridized carbons (Fsp3) is 0.300. The van der Waals surface area contributed by atoms with Gasteiger partial charge in [0.2, 0.25) is 5.91 Å². The lowest BCUT2D eigenvalue weighted by Crippen LogP contribution is -2.32. The minimum atomic E-state index is -0.317. The Morgan fingerprint density at radius 2 is 2.31 bits per heavy atom. The Labute approximate surface area is 92.3 Å². The van der Waals surface area contributed by atoms with Crippen molar-refractivity contribution in [3.63, 3.8) is 0 Å². The van der Waals surface area contributed by atoms with E-state index >= 15 is 0 Å². The second kappa shape index (κ2) is 5.56. The van der Waals surface area contributed by atoms with Gasteiger partial charge >= 0.3 is 0 Å². The minimum Gasteiger partial charge on any atom is -0.398 e. The lowest BCUT2D eigenvalue weighted by Gasteiger charge is -2.06. The third kappa shape index (κ3) is 3.46. The van der Waals surface area contributed by atoms with Crippen molar-refractivity contribution in [3.8, 4) is 6.07 Å². The molecule has 0 fully saturated rings. The van der Waals surface area contributed by atoms with Crippen molar-refractivity contribution >= 4 is 11.6 Å². The van der Waals surface area contributed by atoms with Crippen molar-refractivity contribution < 1.29 is 4.79 Å². The molecule has 6 nitrogen and oxygen atoms in total. The number of aromatic nitrogens is 1. The first-order valence-electron chi connectivity index (χ1n) is 4.73. The SMILES string of the molecule is N#CCCNC(=O)Cn1cc(N)ccc1=O. The zero-order valence-corrected chi connectivity index (χ0v) is 8.64. The summed E-state index contributed by atoms with van der Waals surface area (Å²) in [5.41, 5.74) is 5.62. The fourth-order valence-electron chi connectivity index (χ4n) is 1.14. The van der Waals surface area contributed by atoms with Crippen molar-refractivity contribution in [2.24, 2.45) is 0 Å². The van der Waals surface area contributed by atoms with E-state index in [1.54, 1.807) is 0 Å². The molecule has 0 aliphatic heterocycles. The van der Waals surface area contributed by atoms with Crippen LogP contribution in [-0.2, 0) is 11.3 Å². The van der Waals surface area contributed by atoms with Gasteiger partial charge in [-0.15, -0.1) is 0 Å². The van der Waals surface area contributed by atoms with Gasteiger partial charge in [-0.1, -0.05) is 0 Å². The molecule has 0 atom stereocenters. The predicted octanol–water partition coefficient (Wildman–Crippen LogP) is -0.540. The molecule has 1 aromatic rings. The van der Waals surface area contributed by atoms with Crippen LogP contribution in [0, 0.1) is 11.3 Å². The highest BCUT2D eigenvalue weighted by Crippen LogP contribution is 1.95. The van der Waals surface area contributed by atoms with Gasteiger partial charge in [-0.2, -0.15) is 5.26 Å². The molecule has 0 bridgehead atoms. The lowest BCUT2D eigenvalue weighted by molar-refractivity contribution is -0.121. The third-order valence-corrected chi connectivity index (χ3v) is 1.88. The molecule has 0 spiro atoms. The summed E-state index contributed by atoms with van der Waals surface area (Å²) in [4.78, 5) is 22.6. The lowest BCUT2D eigenvalue weighted by atomic mass is 10.4. The molecule has 1 rings (SSSR count). The number of nitrogens with one attached hydrogen (secondary N) is 1. The Hall–Kier alpha value is -2.29. The fourth-order valence-corrected chi connectivity index (χ4v) is 1.14. The molecule has 16 heavy (non-hydrogen) atoms. The zero-order valence-electron chi connectivity index (χ0n) is 8.64. The van der Waals surface area contributed by atoms with Crippen LogP contribution in [-0.4, -0.2) is 17.0 Å². The first-order valence-corrected chi connectivity index (χ1v) is 4.73. The largest absolute Gasteiger partial charge is 0.398 e. The number of pyridine rings is 1. The van der Waals surface area contributed by atoms with Crippen LogP contribution in [0.3, 0.4) is 0 Å². The molecule has 84 valence electrons. The van der Waals surface area contributed by atoms with Gasteiger partial charge in [0.05, 0.1) is 12.5 Å². The zero-order chi connectivity index (χ0) is 12.0. The maximum atomic E-state index is 11.3. The van der Waals surface area contributed by atoms with Gasteiger partial charge < -0.3 is 15.6 Å². The molecule has 3 N–H and O–H groups in total. The molecule has 6 heteroatoms. The minimum absolute atomic E-state index is 0.0880. The van der Waals surface area contributed by atoms with Crippen LogP contribution in [0.15, 0.2) is 23.1 Å². The first-order chi connectivity index (χ1) is 7.63. The number of nitrogens with two attached hydrogens (primary N) is 1. The van der Waals surface area contributed by atoms with E-state index in [2.05, 4.69) is 5.32 Å². The van der Waals surface area contributed by atoms with Crippen molar-refractivity contribution in [1.82, 2.24) is 9.88 Å². The molecule has 0 saturated heterocycles. The van der Waals surface area contributed by atoms with E-state index in [0.29, 0.717) is 5.69 Å². The van der Waals surface area contributed by atoms with Crippen molar-refractivity contribution in [2.75, 3.05) is 12.3 Å². The summed E-state index contributed by atoms with van der Waals surface area (Å²) in [6.45, 7) is 0.196. The average molecular weight is 220 g/mol. The van der Waals surface area contributed by atoms with Crippen LogP contribution in [0.25, 0.3) is 0 Å². The molecule has 0 aliphatic carbocycles. The van der Waals surface area contributed by atoms with Gasteiger partial charge in [0, 0.05) is 24.5 Å². The Morgan fingerprint density at radius 1 is 1.56 bits per heavy atom. The maximum absolute atomic E-state index is 11.3. The summed E-state index contributed by atoms with van der Waals surface area (Å²) in [5, 5.41) is 10.8. The summed E-state index contributed by atoms with van der Waals surface area (Å²) in [7, 11) is 0. The molecule has 0 aliphatic rings. The van der Waals surface area contributed by atoms with Gasteiger partial charge in [0.15, 0.2) is 0 Å². The molecular weight excluding hydrogens is 208 g/mol. The van der Waals surface area contributed by atoms with Crippen molar-refractivity contribution in [2.45, 2.75) is 13.0 Å². The van der Waals surface area contributed by atoms with Crippen LogP contribution in [0.2, 0.25) is 0 Å². The van der Waals surface area contributed by atoms with Crippen LogP contribution >= 0.6 is 0 Å². The number of nitriles is 1. The van der Waals surface area contributed by atoms with Crippen LogP contribution < -0.4 is 16.6 Å². The summed E-state index contributed by atoms with van der Waals surface area (Å²) in [6, 6.07) is 4.69. The van der Waals surface area contributed by atoms with E-state index in [0.717, 1.165) is 0 Å². The number of carbonyl (C=O) groups excluding carboxylic acids is 1. The van der Waals surface area contributed by atoms with Gasteiger partial charge in [-0.05, 0) is 6.07 Å². The Balaban J connectivity index is 2.60. The van der Waals surface area contributed by atoms with E-state index in [-0.39, 0.29) is 31.0 Å². The second-order valence-corrected chi connectivity index (χ2v) is 3.19. The summed E-state index contributed by atoms with van der Waals surface area (Å²) in [5.74, 6) is -0.317. The Morgan fingerprint density at radius 3 is 3.00 bits per heavy atom. The first kappa shape index (κ1) is 11.8. The molecule has 1 aromatic heterocycles. The maximum Gasteiger partial charge on any atom is 0.251 e. The molecule has 1 heterocycles. The topological polar surface area (TPSA) is 101 Å². The molecule has 0 radical (unpaired) electrons. The number of carbonyl (C=O) groups is 1. The van der Waals surface area contributed by atoms with E-state index in [4.69, 9.17) is 11.0 Å². The Kier molecular flexibility index (Phi) is 4.09. The smallest absolute Gasteiger partial charge is 0.251 e. The monoisotopic (exact) mass is 220 g/mol. The number of anilines is 1. The highest BCUT2D eigenvalue weighted by molar-refractivity contribution is 5.75. The average Bonchev–Trinajstić information content (AvgIpc) is 2.24. The molecule has 0 saturated carbocycles. The number of nitrogens with zero attached hydrogens (tertiary/aromatic N) is 2. The number of hydrogen-bond donors (Lipinski definition) is 2. The molecular formula is C10H12N4O2. The van der Waals surface area contributed by atoms with Gasteiger partial charge in [-0.25, -0.2) is 0 Å². The summed E-state index contributed by atoms with van der Waals surface area (Å²) < 4.78 is 1.22. The van der Waals surface area contributed by atoms with Gasteiger partial charge in [0.1, 0.15) is 6.54 Å². The van der Waals surface area contributed by atoms with Gasteiger partial charge in [-0.3, -0.25) is 9.59 Å². The van der Waals surface area contributed by atoms with E-state index in [1.807, 2.05) is 6.07 Å². The van der Waals surface area contributed by atoms with E-state index in [9.17, 15) is 9.59 Å².